The molecule has 3 N–H and O–H groups in total. The Hall–Kier alpha value is -2.98. The number of hydrogen-bond donors (Lipinski definition) is 3. The Balaban J connectivity index is 1.27. The van der Waals surface area contributed by atoms with Crippen molar-refractivity contribution in [2.45, 2.75) is 75.4 Å². The number of carbonyl (C=O) groups is 2. The van der Waals surface area contributed by atoms with Crippen molar-refractivity contribution in [3.05, 3.63) is 29.7 Å². The van der Waals surface area contributed by atoms with Crippen LogP contribution in [0, 0.1) is 17.8 Å². The molecule has 4 aliphatic rings. The molecule has 188 valence electrons. The molecule has 2 aromatic rings. The second kappa shape index (κ2) is 8.30. The fraction of sp³-hybridized carbons (Fsp3) is 0.667. The molecule has 0 radical (unpaired) electrons. The predicted molar refractivity (Wildman–Crippen MR) is 121 cm³/mol. The van der Waals surface area contributed by atoms with Crippen molar-refractivity contribution in [1.82, 2.24) is 30.1 Å². The SMILES string of the molecule is O=C(O)N[C@H](c1cn2ncc(C(C3CC3)N3C[C@@H](C4CC4)NC3=O)cc2n1)C1CCC(F)(F)CC1. The van der Waals surface area contributed by atoms with E-state index in [9.17, 15) is 23.5 Å². The zero-order chi connectivity index (χ0) is 24.3. The first-order valence-corrected chi connectivity index (χ1v) is 12.6. The second-order valence-corrected chi connectivity index (χ2v) is 10.7. The smallest absolute Gasteiger partial charge is 0.405 e. The van der Waals surface area contributed by atoms with Crippen LogP contribution in [0.3, 0.4) is 0 Å². The molecule has 1 aliphatic heterocycles. The largest absolute Gasteiger partial charge is 0.465 e. The fourth-order valence-electron chi connectivity index (χ4n) is 5.89. The van der Waals surface area contributed by atoms with Gasteiger partial charge in [0.05, 0.1) is 36.2 Å². The number of hydrogen-bond acceptors (Lipinski definition) is 4. The molecule has 3 aliphatic carbocycles. The highest BCUT2D eigenvalue weighted by atomic mass is 19.3. The minimum Gasteiger partial charge on any atom is -0.465 e. The lowest BCUT2D eigenvalue weighted by Crippen LogP contribution is -2.36. The zero-order valence-electron chi connectivity index (χ0n) is 19.4. The molecule has 3 amide bonds. The lowest BCUT2D eigenvalue weighted by atomic mass is 9.81. The molecule has 1 unspecified atom stereocenters. The zero-order valence-corrected chi connectivity index (χ0v) is 19.4. The number of halogens is 2. The quantitative estimate of drug-likeness (QED) is 0.543. The number of rotatable bonds is 7. The summed E-state index contributed by atoms with van der Waals surface area (Å²) in [5.74, 6) is -1.99. The van der Waals surface area contributed by atoms with E-state index in [2.05, 4.69) is 20.7 Å². The van der Waals surface area contributed by atoms with Crippen molar-refractivity contribution in [3.8, 4) is 0 Å². The molecule has 3 heterocycles. The molecule has 9 nitrogen and oxygen atoms in total. The van der Waals surface area contributed by atoms with Crippen molar-refractivity contribution >= 4 is 17.8 Å². The molecule has 0 bridgehead atoms. The van der Waals surface area contributed by atoms with Gasteiger partial charge in [0.1, 0.15) is 0 Å². The number of alkyl halides is 2. The number of amides is 3. The summed E-state index contributed by atoms with van der Waals surface area (Å²) in [7, 11) is 0. The molecule has 35 heavy (non-hydrogen) atoms. The van der Waals surface area contributed by atoms with E-state index in [1.54, 1.807) is 16.9 Å². The number of carboxylic acid groups (broad SMARTS) is 1. The predicted octanol–water partition coefficient (Wildman–Crippen LogP) is 4.12. The number of imidazole rings is 1. The van der Waals surface area contributed by atoms with E-state index >= 15 is 0 Å². The summed E-state index contributed by atoms with van der Waals surface area (Å²) < 4.78 is 29.0. The van der Waals surface area contributed by atoms with Crippen LogP contribution in [0.15, 0.2) is 18.5 Å². The molecule has 4 fully saturated rings. The molecule has 0 aromatic carbocycles. The third kappa shape index (κ3) is 4.52. The van der Waals surface area contributed by atoms with Gasteiger partial charge in [0.25, 0.3) is 0 Å². The number of carbonyl (C=O) groups excluding carboxylic acids is 1. The van der Waals surface area contributed by atoms with Crippen LogP contribution in [0.1, 0.15) is 74.7 Å². The van der Waals surface area contributed by atoms with E-state index in [1.165, 1.54) is 12.8 Å². The van der Waals surface area contributed by atoms with Gasteiger partial charge in [0.15, 0.2) is 5.65 Å². The van der Waals surface area contributed by atoms with E-state index in [-0.39, 0.29) is 49.7 Å². The van der Waals surface area contributed by atoms with Gasteiger partial charge in [-0.3, -0.25) is 0 Å². The van der Waals surface area contributed by atoms with E-state index in [0.717, 1.165) is 18.4 Å². The van der Waals surface area contributed by atoms with Gasteiger partial charge in [0.2, 0.25) is 5.92 Å². The van der Waals surface area contributed by atoms with Crippen molar-refractivity contribution in [1.29, 1.82) is 0 Å². The van der Waals surface area contributed by atoms with E-state index in [0.29, 0.717) is 29.7 Å². The van der Waals surface area contributed by atoms with Crippen molar-refractivity contribution in [2.24, 2.45) is 17.8 Å². The Morgan fingerprint density at radius 1 is 1.17 bits per heavy atom. The molecular weight excluding hydrogens is 458 g/mol. The Morgan fingerprint density at radius 3 is 2.57 bits per heavy atom. The van der Waals surface area contributed by atoms with Crippen LogP contribution in [-0.4, -0.2) is 55.2 Å². The molecule has 1 saturated heterocycles. The highest BCUT2D eigenvalue weighted by molar-refractivity contribution is 5.77. The summed E-state index contributed by atoms with van der Waals surface area (Å²) in [4.78, 5) is 30.9. The van der Waals surface area contributed by atoms with Crippen molar-refractivity contribution < 1.29 is 23.5 Å². The lowest BCUT2D eigenvalue weighted by molar-refractivity contribution is -0.0495. The highest BCUT2D eigenvalue weighted by Gasteiger charge is 2.46. The van der Waals surface area contributed by atoms with Crippen LogP contribution >= 0.6 is 0 Å². The molecule has 6 rings (SSSR count). The molecular formula is C24H30F2N6O3. The maximum absolute atomic E-state index is 13.7. The van der Waals surface area contributed by atoms with Gasteiger partial charge in [-0.15, -0.1) is 0 Å². The third-order valence-electron chi connectivity index (χ3n) is 8.09. The summed E-state index contributed by atoms with van der Waals surface area (Å²) in [6.45, 7) is 0.701. The maximum atomic E-state index is 13.7. The molecule has 2 aromatic heterocycles. The summed E-state index contributed by atoms with van der Waals surface area (Å²) in [5.41, 5.74) is 1.95. The van der Waals surface area contributed by atoms with Crippen molar-refractivity contribution in [2.75, 3.05) is 6.54 Å². The van der Waals surface area contributed by atoms with Crippen LogP contribution in [0.2, 0.25) is 0 Å². The van der Waals surface area contributed by atoms with Crippen LogP contribution in [0.25, 0.3) is 5.65 Å². The lowest BCUT2D eigenvalue weighted by Gasteiger charge is -2.32. The Labute approximate surface area is 201 Å². The van der Waals surface area contributed by atoms with Gasteiger partial charge in [-0.05, 0) is 67.9 Å². The summed E-state index contributed by atoms with van der Waals surface area (Å²) in [5, 5.41) is 19.6. The molecule has 0 spiro atoms. The number of urea groups is 1. The van der Waals surface area contributed by atoms with Crippen LogP contribution in [-0.2, 0) is 0 Å². The van der Waals surface area contributed by atoms with E-state index < -0.39 is 18.1 Å². The Bertz CT molecular complexity index is 1140. The van der Waals surface area contributed by atoms with E-state index in [4.69, 9.17) is 0 Å². The summed E-state index contributed by atoms with van der Waals surface area (Å²) in [6.07, 6.45) is 6.61. The standard InChI is InChI=1S/C24H30F2N6O3/c25-24(26)7-5-14(6-8-24)20(30-23(34)35)18-12-32-19(28-18)9-16(10-27-32)21(15-3-4-15)31-11-17(13-1-2-13)29-22(31)33/h9-10,12-15,17,20-21,30H,1-8,11H2,(H,29,33)(H,34,35)/t17-,20-,21?/m0/s1. The molecule has 11 heteroatoms. The summed E-state index contributed by atoms with van der Waals surface area (Å²) >= 11 is 0. The van der Waals surface area contributed by atoms with Gasteiger partial charge in [-0.25, -0.2) is 27.9 Å². The third-order valence-corrected chi connectivity index (χ3v) is 8.09. The van der Waals surface area contributed by atoms with Gasteiger partial charge in [-0.2, -0.15) is 5.10 Å². The topological polar surface area (TPSA) is 112 Å². The average molecular weight is 489 g/mol. The summed E-state index contributed by atoms with van der Waals surface area (Å²) in [6, 6.07) is 1.36. The first-order valence-electron chi connectivity index (χ1n) is 12.6. The Kier molecular flexibility index (Phi) is 5.33. The van der Waals surface area contributed by atoms with Crippen LogP contribution in [0.5, 0.6) is 0 Å². The van der Waals surface area contributed by atoms with Gasteiger partial charge < -0.3 is 20.6 Å². The minimum atomic E-state index is -2.70. The fourth-order valence-corrected chi connectivity index (χ4v) is 5.89. The number of aromatic nitrogens is 3. The number of fused-ring (bicyclic) bond motifs is 1. The minimum absolute atomic E-state index is 0.0254. The van der Waals surface area contributed by atoms with E-state index in [1.807, 2.05) is 11.0 Å². The maximum Gasteiger partial charge on any atom is 0.405 e. The van der Waals surface area contributed by atoms with Gasteiger partial charge >= 0.3 is 12.1 Å². The molecule has 3 saturated carbocycles. The Morgan fingerprint density at radius 2 is 1.91 bits per heavy atom. The number of nitrogens with one attached hydrogen (secondary N) is 2. The number of nitrogens with zero attached hydrogens (tertiary/aromatic N) is 4. The van der Waals surface area contributed by atoms with Gasteiger partial charge in [0, 0.05) is 19.4 Å². The first kappa shape index (κ1) is 22.5. The van der Waals surface area contributed by atoms with Crippen molar-refractivity contribution in [3.63, 3.8) is 0 Å². The highest BCUT2D eigenvalue weighted by Crippen LogP contribution is 2.47. The van der Waals surface area contributed by atoms with Crippen LogP contribution in [0.4, 0.5) is 18.4 Å². The molecule has 3 atom stereocenters. The average Bonchev–Trinajstić information content (AvgIpc) is 3.73. The van der Waals surface area contributed by atoms with Gasteiger partial charge in [-0.1, -0.05) is 0 Å². The first-order chi connectivity index (χ1) is 16.8. The normalized spacial score (nSPS) is 26.5. The van der Waals surface area contributed by atoms with Crippen LogP contribution < -0.4 is 10.6 Å². The monoisotopic (exact) mass is 488 g/mol. The second-order valence-electron chi connectivity index (χ2n) is 10.7.